The molecule has 0 spiro atoms. The van der Waals surface area contributed by atoms with Crippen LogP contribution in [0.1, 0.15) is 0 Å². The van der Waals surface area contributed by atoms with Crippen LogP contribution in [0.4, 0.5) is 0 Å². The largest absolute Gasteiger partial charge is 0.375 e. The fourth-order valence-electron chi connectivity index (χ4n) is 0.449. The van der Waals surface area contributed by atoms with Gasteiger partial charge in [0.2, 0.25) is 0 Å². The maximum atomic E-state index is 5.70. The molecule has 0 aliphatic heterocycles. The second kappa shape index (κ2) is 7.01. The lowest BCUT2D eigenvalue weighted by Gasteiger charge is -2.24. The zero-order valence-corrected chi connectivity index (χ0v) is 13.0. The van der Waals surface area contributed by atoms with E-state index in [-0.39, 0.29) is 13.2 Å². The molecule has 0 saturated carbocycles. The maximum absolute atomic E-state index is 5.70. The van der Waals surface area contributed by atoms with Crippen molar-refractivity contribution >= 4 is 92.8 Å². The predicted molar refractivity (Wildman–Crippen MR) is 70.7 cm³/mol. The number of hydrogen-bond acceptors (Lipinski definition) is 1. The summed E-state index contributed by atoms with van der Waals surface area (Å²) in [5, 5.41) is 0. The van der Waals surface area contributed by atoms with Crippen molar-refractivity contribution in [2.75, 3.05) is 13.2 Å². The Morgan fingerprint density at radius 3 is 1.20 bits per heavy atom. The Morgan fingerprint density at radius 2 is 1.00 bits per heavy atom. The summed E-state index contributed by atoms with van der Waals surface area (Å²) < 4.78 is 2.13. The van der Waals surface area contributed by atoms with Gasteiger partial charge >= 0.3 is 0 Å². The van der Waals surface area contributed by atoms with Gasteiger partial charge in [-0.25, -0.2) is 0 Å². The molecular weight excluding hydrogens is 372 g/mol. The molecule has 0 amide bonds. The SMILES string of the molecule is ClC(Cl)C(Cl)(Cl)COCC(Cl)(Cl)C(Cl)Cl. The zero-order valence-electron chi connectivity index (χ0n) is 7.00. The number of hydrogen-bond donors (Lipinski definition) is 0. The molecule has 0 N–H and O–H groups in total. The molecule has 0 bridgehead atoms. The van der Waals surface area contributed by atoms with Crippen LogP contribution < -0.4 is 0 Å². The topological polar surface area (TPSA) is 9.23 Å². The van der Waals surface area contributed by atoms with Gasteiger partial charge in [0.1, 0.15) is 9.67 Å². The summed E-state index contributed by atoms with van der Waals surface area (Å²) in [6.07, 6.45) is 0. The lowest BCUT2D eigenvalue weighted by atomic mass is 10.4. The number of halogens is 8. The zero-order chi connectivity index (χ0) is 12.3. The van der Waals surface area contributed by atoms with Crippen LogP contribution in [-0.2, 0) is 4.74 Å². The van der Waals surface area contributed by atoms with Crippen molar-refractivity contribution < 1.29 is 4.74 Å². The van der Waals surface area contributed by atoms with E-state index in [0.717, 1.165) is 0 Å². The molecule has 1 nitrogen and oxygen atoms in total. The lowest BCUT2D eigenvalue weighted by Crippen LogP contribution is -2.34. The van der Waals surface area contributed by atoms with Gasteiger partial charge in [-0.3, -0.25) is 0 Å². The predicted octanol–water partition coefficient (Wildman–Crippen LogP) is 4.96. The molecule has 0 aromatic carbocycles. The van der Waals surface area contributed by atoms with E-state index in [2.05, 4.69) is 0 Å². The minimum Gasteiger partial charge on any atom is -0.375 e. The van der Waals surface area contributed by atoms with E-state index in [4.69, 9.17) is 97.5 Å². The van der Waals surface area contributed by atoms with Crippen molar-refractivity contribution in [2.45, 2.75) is 18.3 Å². The third kappa shape index (κ3) is 6.69. The van der Waals surface area contributed by atoms with Gasteiger partial charge in [-0.15, -0.1) is 46.4 Å². The van der Waals surface area contributed by atoms with Crippen molar-refractivity contribution in [1.29, 1.82) is 0 Å². The Balaban J connectivity index is 4.00. The molecule has 0 heterocycles. The number of rotatable bonds is 6. The highest BCUT2D eigenvalue weighted by atomic mass is 35.5. The first kappa shape index (κ1) is 17.3. The van der Waals surface area contributed by atoms with E-state index in [1.54, 1.807) is 0 Å². The van der Waals surface area contributed by atoms with Gasteiger partial charge in [0.15, 0.2) is 8.67 Å². The smallest absolute Gasteiger partial charge is 0.171 e. The van der Waals surface area contributed by atoms with Gasteiger partial charge in [0, 0.05) is 0 Å². The summed E-state index contributed by atoms with van der Waals surface area (Å²) in [4.78, 5) is -2.02. The van der Waals surface area contributed by atoms with Crippen LogP contribution in [0.2, 0.25) is 0 Å². The molecule has 0 saturated heterocycles. The monoisotopic (exact) mass is 374 g/mol. The molecule has 0 aromatic rings. The Labute approximate surface area is 128 Å². The Kier molecular flexibility index (Phi) is 8.08. The Hall–Kier alpha value is 2.28. The number of alkyl halides is 8. The summed E-state index contributed by atoms with van der Waals surface area (Å²) in [5.74, 6) is 0. The minimum atomic E-state index is -1.44. The molecule has 9 heteroatoms. The summed E-state index contributed by atoms with van der Waals surface area (Å²) in [6.45, 7) is -0.315. The highest BCUT2D eigenvalue weighted by Crippen LogP contribution is 2.35. The van der Waals surface area contributed by atoms with Gasteiger partial charge in [-0.1, -0.05) is 46.4 Å². The average Bonchev–Trinajstić information content (AvgIpc) is 2.02. The molecule has 0 fully saturated rings. The second-order valence-corrected chi connectivity index (χ2v) is 7.89. The van der Waals surface area contributed by atoms with Crippen LogP contribution in [0.5, 0.6) is 0 Å². The highest BCUT2D eigenvalue weighted by Gasteiger charge is 2.36. The molecule has 0 aliphatic carbocycles. The van der Waals surface area contributed by atoms with Crippen molar-refractivity contribution in [2.24, 2.45) is 0 Å². The first-order valence-corrected chi connectivity index (χ1v) is 6.75. The standard InChI is InChI=1S/C6H6Cl8O/c7-3(8)5(11,12)1-15-2-6(13,14)4(9)10/h3-4H,1-2H2. The highest BCUT2D eigenvalue weighted by molar-refractivity contribution is 6.60. The van der Waals surface area contributed by atoms with Crippen molar-refractivity contribution in [3.8, 4) is 0 Å². The number of ether oxygens (including phenoxy) is 1. The van der Waals surface area contributed by atoms with Crippen molar-refractivity contribution in [1.82, 2.24) is 0 Å². The lowest BCUT2D eigenvalue weighted by molar-refractivity contribution is 0.124. The van der Waals surface area contributed by atoms with Crippen molar-refractivity contribution in [3.63, 3.8) is 0 Å². The normalized spacial score (nSPS) is 14.0. The molecule has 0 atom stereocenters. The summed E-state index contributed by atoms with van der Waals surface area (Å²) in [5.41, 5.74) is 0. The van der Waals surface area contributed by atoms with Crippen LogP contribution >= 0.6 is 92.8 Å². The molecule has 0 radical (unpaired) electrons. The van der Waals surface area contributed by atoms with E-state index in [0.29, 0.717) is 0 Å². The fraction of sp³-hybridized carbons (Fsp3) is 1.00. The van der Waals surface area contributed by atoms with Gasteiger partial charge < -0.3 is 4.74 Å². The summed E-state index contributed by atoms with van der Waals surface area (Å²) in [7, 11) is 0. The van der Waals surface area contributed by atoms with Crippen LogP contribution in [0, 0.1) is 0 Å². The molecule has 15 heavy (non-hydrogen) atoms. The third-order valence-electron chi connectivity index (χ3n) is 1.23. The van der Waals surface area contributed by atoms with Gasteiger partial charge in [0.25, 0.3) is 0 Å². The van der Waals surface area contributed by atoms with Crippen LogP contribution in [0.15, 0.2) is 0 Å². The first-order chi connectivity index (χ1) is 6.59. The van der Waals surface area contributed by atoms with E-state index in [1.165, 1.54) is 0 Å². The summed E-state index contributed by atoms with van der Waals surface area (Å²) in [6, 6.07) is 0. The quantitative estimate of drug-likeness (QED) is 0.595. The molecule has 92 valence electrons. The van der Waals surface area contributed by atoms with Gasteiger partial charge in [0.05, 0.1) is 13.2 Å². The fourth-order valence-corrected chi connectivity index (χ4v) is 1.01. The minimum absolute atomic E-state index is 0.157. The third-order valence-corrected chi connectivity index (χ3v) is 4.92. The first-order valence-electron chi connectivity index (χ1n) is 3.49. The van der Waals surface area contributed by atoms with Crippen LogP contribution in [-0.4, -0.2) is 31.6 Å². The van der Waals surface area contributed by atoms with Gasteiger partial charge in [-0.05, 0) is 0 Å². The Bertz CT molecular complexity index is 172. The van der Waals surface area contributed by atoms with E-state index in [9.17, 15) is 0 Å². The molecule has 0 aliphatic rings. The van der Waals surface area contributed by atoms with Gasteiger partial charge in [-0.2, -0.15) is 0 Å². The van der Waals surface area contributed by atoms with E-state index < -0.39 is 18.3 Å². The van der Waals surface area contributed by atoms with E-state index in [1.807, 2.05) is 0 Å². The van der Waals surface area contributed by atoms with Crippen LogP contribution in [0.3, 0.4) is 0 Å². The molecule has 0 unspecified atom stereocenters. The average molecular weight is 378 g/mol. The Morgan fingerprint density at radius 1 is 0.733 bits per heavy atom. The van der Waals surface area contributed by atoms with Crippen molar-refractivity contribution in [3.05, 3.63) is 0 Å². The maximum Gasteiger partial charge on any atom is 0.171 e. The molecule has 0 aromatic heterocycles. The summed E-state index contributed by atoms with van der Waals surface area (Å²) >= 11 is 44.8. The molecular formula is C6H6Cl8O. The molecule has 0 rings (SSSR count). The second-order valence-electron chi connectivity index (χ2n) is 2.62. The van der Waals surface area contributed by atoms with Crippen LogP contribution in [0.25, 0.3) is 0 Å². The van der Waals surface area contributed by atoms with E-state index >= 15 is 0 Å².